The number of hydrogen-bond donors (Lipinski definition) is 4. The van der Waals surface area contributed by atoms with Crippen LogP contribution < -0.4 is 16.2 Å². The number of carbonyl (C=O) groups is 1. The van der Waals surface area contributed by atoms with Gasteiger partial charge in [-0.2, -0.15) is 0 Å². The number of H-pyrrole nitrogens is 2. The number of benzene rings is 3. The molecule has 8 nitrogen and oxygen atoms in total. The van der Waals surface area contributed by atoms with Gasteiger partial charge in [0.25, 0.3) is 5.56 Å². The second kappa shape index (κ2) is 9.60. The van der Waals surface area contributed by atoms with Crippen LogP contribution >= 0.6 is 0 Å². The van der Waals surface area contributed by atoms with Crippen molar-refractivity contribution in [3.8, 4) is 22.5 Å². The highest BCUT2D eigenvalue weighted by Crippen LogP contribution is 2.38. The number of aromatic amines is 2. The zero-order chi connectivity index (χ0) is 27.4. The smallest absolute Gasteiger partial charge is 0.261 e. The minimum Gasteiger partial charge on any atom is -0.379 e. The number of imidazole rings is 1. The lowest BCUT2D eigenvalue weighted by molar-refractivity contribution is -0.114. The number of piperidine rings is 3. The number of nitrogens with zero attached hydrogens (tertiary/aromatic N) is 2. The molecule has 9 heteroatoms. The zero-order valence-electron chi connectivity index (χ0n) is 22.1. The number of para-hydroxylation sites is 2. The Labute approximate surface area is 229 Å². The van der Waals surface area contributed by atoms with Crippen molar-refractivity contribution >= 4 is 39.2 Å². The van der Waals surface area contributed by atoms with Gasteiger partial charge in [0.1, 0.15) is 17.2 Å². The molecule has 1 atom stereocenters. The number of fused-ring (bicyclic) bond motifs is 5. The number of rotatable bonds is 5. The summed E-state index contributed by atoms with van der Waals surface area (Å²) in [6.07, 6.45) is 2.21. The predicted octanol–water partition coefficient (Wildman–Crippen LogP) is 5.34. The van der Waals surface area contributed by atoms with Crippen molar-refractivity contribution in [1.29, 1.82) is 0 Å². The lowest BCUT2D eigenvalue weighted by Crippen LogP contribution is -2.53. The van der Waals surface area contributed by atoms with Crippen LogP contribution in [0, 0.1) is 11.7 Å². The number of halogens is 1. The quantitative estimate of drug-likeness (QED) is 0.243. The van der Waals surface area contributed by atoms with Crippen LogP contribution in [0.5, 0.6) is 0 Å². The van der Waals surface area contributed by atoms with Crippen molar-refractivity contribution < 1.29 is 9.18 Å². The molecule has 1 amide bonds. The minimum atomic E-state index is -0.464. The summed E-state index contributed by atoms with van der Waals surface area (Å²) >= 11 is 0. The molecular formula is C31H29FN6O2. The molecule has 3 aliphatic rings. The first-order valence-electron chi connectivity index (χ1n) is 13.6. The maximum absolute atomic E-state index is 15.6. The molecule has 3 fully saturated rings. The van der Waals surface area contributed by atoms with E-state index in [1.807, 2.05) is 30.3 Å². The zero-order valence-corrected chi connectivity index (χ0v) is 22.1. The van der Waals surface area contributed by atoms with Crippen molar-refractivity contribution in [3.63, 3.8) is 0 Å². The Hall–Kier alpha value is -4.50. The Kier molecular flexibility index (Phi) is 5.89. The predicted molar refractivity (Wildman–Crippen MR) is 156 cm³/mol. The molecule has 0 radical (unpaired) electrons. The van der Waals surface area contributed by atoms with Crippen molar-refractivity contribution in [1.82, 2.24) is 19.9 Å². The third-order valence-electron chi connectivity index (χ3n) is 8.21. The van der Waals surface area contributed by atoms with E-state index in [9.17, 15) is 9.59 Å². The fourth-order valence-electron chi connectivity index (χ4n) is 6.27. The molecule has 5 aromatic rings. The first-order valence-corrected chi connectivity index (χ1v) is 13.6. The molecule has 2 aromatic heterocycles. The Morgan fingerprint density at radius 3 is 2.60 bits per heavy atom. The normalized spacial score (nSPS) is 20.2. The van der Waals surface area contributed by atoms with Crippen molar-refractivity contribution in [2.45, 2.75) is 25.8 Å². The second-order valence-corrected chi connectivity index (χ2v) is 10.8. The highest BCUT2D eigenvalue weighted by atomic mass is 19.1. The number of carbonyl (C=O) groups excluding carboxylic acids is 1. The minimum absolute atomic E-state index is 0.159. The van der Waals surface area contributed by atoms with E-state index in [0.29, 0.717) is 50.7 Å². The molecule has 3 aromatic carbocycles. The molecular weight excluding hydrogens is 507 g/mol. The topological polar surface area (TPSA) is 106 Å². The Bertz CT molecular complexity index is 1800. The number of hydrogen-bond acceptors (Lipinski definition) is 5. The average molecular weight is 537 g/mol. The van der Waals surface area contributed by atoms with Crippen LogP contribution in [-0.4, -0.2) is 51.4 Å². The van der Waals surface area contributed by atoms with Gasteiger partial charge in [-0.1, -0.05) is 24.3 Å². The van der Waals surface area contributed by atoms with Gasteiger partial charge >= 0.3 is 0 Å². The van der Waals surface area contributed by atoms with Crippen LogP contribution in [0.1, 0.15) is 19.8 Å². The first kappa shape index (κ1) is 24.5. The van der Waals surface area contributed by atoms with Crippen LogP contribution in [0.2, 0.25) is 0 Å². The molecule has 8 rings (SSSR count). The molecule has 40 heavy (non-hydrogen) atoms. The molecule has 3 saturated heterocycles. The molecule has 0 saturated carbocycles. The van der Waals surface area contributed by atoms with Crippen molar-refractivity contribution in [3.05, 3.63) is 76.8 Å². The van der Waals surface area contributed by atoms with Gasteiger partial charge in [-0.05, 0) is 73.8 Å². The lowest BCUT2D eigenvalue weighted by Gasteiger charge is -2.45. The van der Waals surface area contributed by atoms with Gasteiger partial charge in [0.2, 0.25) is 5.91 Å². The summed E-state index contributed by atoms with van der Waals surface area (Å²) in [5.74, 6) is 0.297. The van der Waals surface area contributed by atoms with Gasteiger partial charge in [0, 0.05) is 36.1 Å². The first-order chi connectivity index (χ1) is 19.4. The van der Waals surface area contributed by atoms with Gasteiger partial charge < -0.3 is 25.5 Å². The molecule has 0 aliphatic carbocycles. The molecule has 0 spiro atoms. The van der Waals surface area contributed by atoms with Gasteiger partial charge in [-0.3, -0.25) is 9.59 Å². The van der Waals surface area contributed by atoms with Gasteiger partial charge in [0.05, 0.1) is 22.2 Å². The monoisotopic (exact) mass is 536 g/mol. The summed E-state index contributed by atoms with van der Waals surface area (Å²) < 4.78 is 15.6. The Morgan fingerprint density at radius 2 is 1.85 bits per heavy atom. The van der Waals surface area contributed by atoms with Gasteiger partial charge in [-0.15, -0.1) is 0 Å². The third kappa shape index (κ3) is 4.32. The van der Waals surface area contributed by atoms with E-state index in [4.69, 9.17) is 4.98 Å². The SMILES string of the molecule is CC(=O)Nc1cccc(-c2cc3c(N[C@H]4CN5CCC4CC5)c(-c4nc5ccccc5[nH]4)c(=O)[nH]c3cc2F)c1. The van der Waals surface area contributed by atoms with Crippen molar-refractivity contribution in [2.75, 3.05) is 30.3 Å². The summed E-state index contributed by atoms with van der Waals surface area (Å²) in [6.45, 7) is 4.52. The highest BCUT2D eigenvalue weighted by molar-refractivity contribution is 6.01. The summed E-state index contributed by atoms with van der Waals surface area (Å²) in [6, 6.07) is 18.1. The maximum atomic E-state index is 15.6. The summed E-state index contributed by atoms with van der Waals surface area (Å²) in [5, 5.41) is 7.21. The second-order valence-electron chi connectivity index (χ2n) is 10.8. The number of pyridine rings is 1. The van der Waals surface area contributed by atoms with E-state index < -0.39 is 5.82 Å². The fourth-order valence-corrected chi connectivity index (χ4v) is 6.27. The van der Waals surface area contributed by atoms with Crippen LogP contribution in [0.25, 0.3) is 44.5 Å². The van der Waals surface area contributed by atoms with E-state index in [-0.39, 0.29) is 17.5 Å². The van der Waals surface area contributed by atoms with E-state index in [1.165, 1.54) is 13.0 Å². The fraction of sp³-hybridized carbons (Fsp3) is 0.258. The van der Waals surface area contributed by atoms with Crippen LogP contribution in [-0.2, 0) is 4.79 Å². The number of nitrogens with one attached hydrogen (secondary N) is 4. The molecule has 3 aliphatic heterocycles. The highest BCUT2D eigenvalue weighted by Gasteiger charge is 2.35. The largest absolute Gasteiger partial charge is 0.379 e. The molecule has 2 bridgehead atoms. The summed E-state index contributed by atoms with van der Waals surface area (Å²) in [4.78, 5) is 38.7. The van der Waals surface area contributed by atoms with Crippen LogP contribution in [0.3, 0.4) is 0 Å². The molecule has 0 unspecified atom stereocenters. The molecule has 5 heterocycles. The van der Waals surface area contributed by atoms with Crippen molar-refractivity contribution in [2.24, 2.45) is 5.92 Å². The standard InChI is InChI=1S/C31H29FN6O2/c1-17(39)33-20-6-4-5-19(13-20)21-14-22-26(15-23(21)32)37-31(40)28(30-35-24-7-2-3-8-25(24)36-30)29(22)34-27-16-38-11-9-18(27)10-12-38/h2-8,13-15,18,27H,9-12,16H2,1H3,(H,33,39)(H,35,36)(H2,34,37,40)/t27-/m0/s1. The third-order valence-corrected chi connectivity index (χ3v) is 8.21. The van der Waals surface area contributed by atoms with Gasteiger partial charge in [-0.25, -0.2) is 9.37 Å². The summed E-state index contributed by atoms with van der Waals surface area (Å²) in [5.41, 5.74) is 4.30. The molecule has 202 valence electrons. The maximum Gasteiger partial charge on any atom is 0.261 e. The number of aromatic nitrogens is 3. The van der Waals surface area contributed by atoms with E-state index >= 15 is 4.39 Å². The van der Waals surface area contributed by atoms with E-state index in [1.54, 1.807) is 24.3 Å². The Balaban J connectivity index is 1.44. The summed E-state index contributed by atoms with van der Waals surface area (Å²) in [7, 11) is 0. The van der Waals surface area contributed by atoms with Crippen LogP contribution in [0.15, 0.2) is 65.5 Å². The molecule has 4 N–H and O–H groups in total. The van der Waals surface area contributed by atoms with Gasteiger partial charge in [0.15, 0.2) is 0 Å². The lowest BCUT2D eigenvalue weighted by atomic mass is 9.83. The van der Waals surface area contributed by atoms with Crippen LogP contribution in [0.4, 0.5) is 15.8 Å². The average Bonchev–Trinajstić information content (AvgIpc) is 3.37. The number of amides is 1. The number of anilines is 2. The Morgan fingerprint density at radius 1 is 1.02 bits per heavy atom. The van der Waals surface area contributed by atoms with E-state index in [0.717, 1.165) is 43.5 Å². The van der Waals surface area contributed by atoms with E-state index in [2.05, 4.69) is 25.5 Å².